The molecule has 1 amide bonds. The summed E-state index contributed by atoms with van der Waals surface area (Å²) in [6.07, 6.45) is 9.84. The molecule has 2 N–H and O–H groups in total. The van der Waals surface area contributed by atoms with E-state index >= 15 is 0 Å². The van der Waals surface area contributed by atoms with E-state index in [0.717, 1.165) is 18.7 Å². The van der Waals surface area contributed by atoms with Gasteiger partial charge < -0.3 is 10.6 Å². The van der Waals surface area contributed by atoms with Crippen LogP contribution in [0.15, 0.2) is 36.8 Å². The van der Waals surface area contributed by atoms with E-state index in [4.69, 9.17) is 0 Å². The van der Waals surface area contributed by atoms with Crippen molar-refractivity contribution in [2.24, 2.45) is 0 Å². The van der Waals surface area contributed by atoms with Crippen LogP contribution in [0.25, 0.3) is 0 Å². The first-order valence-corrected chi connectivity index (χ1v) is 8.37. The molecule has 2 aromatic heterocycles. The van der Waals surface area contributed by atoms with Gasteiger partial charge in [-0.05, 0) is 44.9 Å². The Balaban J connectivity index is 1.70. The van der Waals surface area contributed by atoms with Gasteiger partial charge >= 0.3 is 0 Å². The monoisotopic (exact) mass is 325 g/mol. The number of hydrogen-bond donors (Lipinski definition) is 2. The largest absolute Gasteiger partial charge is 0.367 e. The van der Waals surface area contributed by atoms with Gasteiger partial charge in [-0.1, -0.05) is 12.8 Å². The predicted molar refractivity (Wildman–Crippen MR) is 92.6 cm³/mol. The average Bonchev–Trinajstić information content (AvgIpc) is 3.08. The van der Waals surface area contributed by atoms with Gasteiger partial charge in [-0.3, -0.25) is 4.79 Å². The van der Waals surface area contributed by atoms with Crippen LogP contribution in [0.4, 0.5) is 5.82 Å². The highest BCUT2D eigenvalue weighted by Crippen LogP contribution is 2.22. The number of anilines is 1. The summed E-state index contributed by atoms with van der Waals surface area (Å²) in [5.74, 6) is 1.17. The molecule has 0 radical (unpaired) electrons. The lowest BCUT2D eigenvalue weighted by Crippen LogP contribution is -2.42. The van der Waals surface area contributed by atoms with E-state index < -0.39 is 5.54 Å². The maximum atomic E-state index is 12.6. The molecule has 1 aliphatic rings. The number of carbonyl (C=O) groups excluding carboxylic acids is 1. The van der Waals surface area contributed by atoms with Crippen LogP contribution in [0.1, 0.15) is 55.7 Å². The molecule has 1 saturated carbocycles. The molecule has 0 spiro atoms. The molecule has 0 unspecified atom stereocenters. The maximum Gasteiger partial charge on any atom is 0.252 e. The quantitative estimate of drug-likeness (QED) is 0.883. The summed E-state index contributed by atoms with van der Waals surface area (Å²) < 4.78 is 0. The van der Waals surface area contributed by atoms with E-state index in [0.29, 0.717) is 17.4 Å². The van der Waals surface area contributed by atoms with Crippen molar-refractivity contribution in [2.75, 3.05) is 5.32 Å². The van der Waals surface area contributed by atoms with Gasteiger partial charge in [-0.15, -0.1) is 0 Å². The number of hydrogen-bond acceptors (Lipinski definition) is 5. The molecule has 2 aromatic rings. The molecular weight excluding hydrogens is 302 g/mol. The Morgan fingerprint density at radius 1 is 1.12 bits per heavy atom. The Morgan fingerprint density at radius 3 is 2.54 bits per heavy atom. The third kappa shape index (κ3) is 3.88. The van der Waals surface area contributed by atoms with Crippen LogP contribution in [-0.4, -0.2) is 26.9 Å². The topological polar surface area (TPSA) is 79.8 Å². The first-order valence-electron chi connectivity index (χ1n) is 8.37. The molecular formula is C18H23N5O. The van der Waals surface area contributed by atoms with Gasteiger partial charge in [0.15, 0.2) is 5.82 Å². The Morgan fingerprint density at radius 2 is 1.83 bits per heavy atom. The molecule has 0 saturated heterocycles. The van der Waals surface area contributed by atoms with E-state index in [-0.39, 0.29) is 5.91 Å². The summed E-state index contributed by atoms with van der Waals surface area (Å²) >= 11 is 0. The Labute approximate surface area is 142 Å². The van der Waals surface area contributed by atoms with Gasteiger partial charge in [0.1, 0.15) is 5.82 Å². The lowest BCUT2D eigenvalue weighted by atomic mass is 10.0. The minimum absolute atomic E-state index is 0.163. The van der Waals surface area contributed by atoms with E-state index in [1.807, 2.05) is 13.8 Å². The van der Waals surface area contributed by atoms with Crippen molar-refractivity contribution in [3.63, 3.8) is 0 Å². The smallest absolute Gasteiger partial charge is 0.252 e. The normalized spacial score (nSPS) is 15.2. The van der Waals surface area contributed by atoms with Gasteiger partial charge in [0, 0.05) is 30.2 Å². The van der Waals surface area contributed by atoms with Gasteiger partial charge in [0.05, 0.1) is 5.54 Å². The third-order valence-electron chi connectivity index (χ3n) is 4.28. The second-order valence-electron chi connectivity index (χ2n) is 6.71. The molecule has 3 rings (SSSR count). The van der Waals surface area contributed by atoms with E-state index in [9.17, 15) is 4.79 Å². The van der Waals surface area contributed by atoms with Crippen molar-refractivity contribution in [3.05, 3.63) is 48.2 Å². The van der Waals surface area contributed by atoms with Gasteiger partial charge in [-0.2, -0.15) is 0 Å². The highest BCUT2D eigenvalue weighted by atomic mass is 16.1. The van der Waals surface area contributed by atoms with Crippen LogP contribution in [0.5, 0.6) is 0 Å². The van der Waals surface area contributed by atoms with Gasteiger partial charge in [0.2, 0.25) is 0 Å². The first kappa shape index (κ1) is 16.4. The summed E-state index contributed by atoms with van der Waals surface area (Å²) in [5, 5.41) is 6.41. The van der Waals surface area contributed by atoms with E-state index in [1.54, 1.807) is 36.8 Å². The molecule has 24 heavy (non-hydrogen) atoms. The average molecular weight is 325 g/mol. The van der Waals surface area contributed by atoms with Crippen molar-refractivity contribution < 1.29 is 4.79 Å². The number of nitrogens with one attached hydrogen (secondary N) is 2. The van der Waals surface area contributed by atoms with Crippen molar-refractivity contribution in [1.29, 1.82) is 0 Å². The SMILES string of the molecule is CC(C)(NC(=O)c1ccnc(NC2CCCC2)c1)c1ncccn1. The molecule has 0 aliphatic heterocycles. The fourth-order valence-corrected chi connectivity index (χ4v) is 2.96. The first-order chi connectivity index (χ1) is 11.5. The number of pyridine rings is 1. The Kier molecular flexibility index (Phi) is 4.74. The highest BCUT2D eigenvalue weighted by Gasteiger charge is 2.26. The molecule has 2 heterocycles. The van der Waals surface area contributed by atoms with Crippen molar-refractivity contribution >= 4 is 11.7 Å². The number of rotatable bonds is 5. The maximum absolute atomic E-state index is 12.6. The lowest BCUT2D eigenvalue weighted by Gasteiger charge is -2.24. The predicted octanol–water partition coefficient (Wildman–Crippen LogP) is 2.89. The summed E-state index contributed by atoms with van der Waals surface area (Å²) in [6.45, 7) is 3.78. The molecule has 6 heteroatoms. The highest BCUT2D eigenvalue weighted by molar-refractivity contribution is 5.95. The van der Waals surface area contributed by atoms with Crippen LogP contribution in [-0.2, 0) is 5.54 Å². The number of amides is 1. The molecule has 0 aromatic carbocycles. The second kappa shape index (κ2) is 6.95. The summed E-state index contributed by atoms with van der Waals surface area (Å²) in [4.78, 5) is 25.4. The van der Waals surface area contributed by atoms with Crippen LogP contribution < -0.4 is 10.6 Å². The Hall–Kier alpha value is -2.50. The fraction of sp³-hybridized carbons (Fsp3) is 0.444. The molecule has 1 aliphatic carbocycles. The van der Waals surface area contributed by atoms with E-state index in [1.165, 1.54) is 12.8 Å². The zero-order valence-electron chi connectivity index (χ0n) is 14.1. The van der Waals surface area contributed by atoms with Gasteiger partial charge in [-0.25, -0.2) is 15.0 Å². The van der Waals surface area contributed by atoms with Crippen LogP contribution in [0.3, 0.4) is 0 Å². The lowest BCUT2D eigenvalue weighted by molar-refractivity contribution is 0.0908. The summed E-state index contributed by atoms with van der Waals surface area (Å²) in [6, 6.07) is 5.74. The van der Waals surface area contributed by atoms with Crippen LogP contribution in [0, 0.1) is 0 Å². The zero-order valence-corrected chi connectivity index (χ0v) is 14.1. The molecule has 6 nitrogen and oxygen atoms in total. The number of carbonyl (C=O) groups is 1. The van der Waals surface area contributed by atoms with Crippen molar-refractivity contribution in [2.45, 2.75) is 51.1 Å². The standard InChI is InChI=1S/C18H23N5O/c1-18(2,17-20-9-5-10-21-17)23-16(24)13-8-11-19-15(12-13)22-14-6-3-4-7-14/h5,8-12,14H,3-4,6-7H2,1-2H3,(H,19,22)(H,23,24). The van der Waals surface area contributed by atoms with Crippen LogP contribution >= 0.6 is 0 Å². The summed E-state index contributed by atoms with van der Waals surface area (Å²) in [5.41, 5.74) is -0.0739. The van der Waals surface area contributed by atoms with Crippen LogP contribution in [0.2, 0.25) is 0 Å². The molecule has 1 fully saturated rings. The minimum Gasteiger partial charge on any atom is -0.367 e. The van der Waals surface area contributed by atoms with Crippen molar-refractivity contribution in [3.8, 4) is 0 Å². The second-order valence-corrected chi connectivity index (χ2v) is 6.71. The van der Waals surface area contributed by atoms with E-state index in [2.05, 4.69) is 25.6 Å². The number of aromatic nitrogens is 3. The van der Waals surface area contributed by atoms with Gasteiger partial charge in [0.25, 0.3) is 5.91 Å². The zero-order chi connectivity index (χ0) is 17.0. The molecule has 0 bridgehead atoms. The fourth-order valence-electron chi connectivity index (χ4n) is 2.96. The van der Waals surface area contributed by atoms with Crippen molar-refractivity contribution in [1.82, 2.24) is 20.3 Å². The molecule has 0 atom stereocenters. The number of nitrogens with zero attached hydrogens (tertiary/aromatic N) is 3. The third-order valence-corrected chi connectivity index (χ3v) is 4.28. The summed E-state index contributed by atoms with van der Waals surface area (Å²) in [7, 11) is 0. The molecule has 126 valence electrons. The minimum atomic E-state index is -0.652. The Bertz CT molecular complexity index is 696.